The van der Waals surface area contributed by atoms with E-state index in [4.69, 9.17) is 10.5 Å². The molecule has 0 aromatic carbocycles. The molecule has 0 aliphatic heterocycles. The average Bonchev–Trinajstić information content (AvgIpc) is 2.25. The summed E-state index contributed by atoms with van der Waals surface area (Å²) in [6, 6.07) is -0.532. The molecule has 0 rings (SSSR count). The molecule has 0 heterocycles. The molecule has 0 fully saturated rings. The van der Waals surface area contributed by atoms with Crippen molar-refractivity contribution in [2.24, 2.45) is 5.73 Å². The molecule has 16 heavy (non-hydrogen) atoms. The van der Waals surface area contributed by atoms with Gasteiger partial charge in [0.25, 0.3) is 0 Å². The summed E-state index contributed by atoms with van der Waals surface area (Å²) in [4.78, 5) is 10.3. The maximum Gasteiger partial charge on any atom is 0.313 e. The van der Waals surface area contributed by atoms with Gasteiger partial charge in [-0.2, -0.15) is 0 Å². The zero-order valence-corrected chi connectivity index (χ0v) is 10.5. The van der Waals surface area contributed by atoms with Crippen LogP contribution in [0, 0.1) is 0 Å². The van der Waals surface area contributed by atoms with Gasteiger partial charge in [-0.15, -0.1) is 0 Å². The van der Waals surface area contributed by atoms with Crippen molar-refractivity contribution in [3.8, 4) is 0 Å². The molecule has 2 amide bonds. The third kappa shape index (κ3) is 13.2. The van der Waals surface area contributed by atoms with Crippen molar-refractivity contribution < 1.29 is 9.53 Å². The molecule has 4 heteroatoms. The van der Waals surface area contributed by atoms with E-state index in [0.717, 1.165) is 6.42 Å². The first-order valence-electron chi connectivity index (χ1n) is 6.38. The number of nitrogens with two attached hydrogens (primary N) is 1. The Morgan fingerprint density at radius 2 is 1.62 bits per heavy atom. The summed E-state index contributed by atoms with van der Waals surface area (Å²) in [5, 5.41) is 2.39. The van der Waals surface area contributed by atoms with Crippen LogP contribution in [0.2, 0.25) is 0 Å². The maximum atomic E-state index is 10.3. The van der Waals surface area contributed by atoms with Crippen molar-refractivity contribution in [3.05, 3.63) is 0 Å². The van der Waals surface area contributed by atoms with Crippen LogP contribution in [0.25, 0.3) is 0 Å². The van der Waals surface area contributed by atoms with E-state index in [0.29, 0.717) is 6.61 Å². The third-order valence-corrected chi connectivity index (χ3v) is 2.49. The van der Waals surface area contributed by atoms with E-state index in [1.165, 1.54) is 44.9 Å². The molecule has 0 unspecified atom stereocenters. The summed E-state index contributed by atoms with van der Waals surface area (Å²) in [5.41, 5.74) is 4.88. The summed E-state index contributed by atoms with van der Waals surface area (Å²) in [6.45, 7) is 3.17. The highest BCUT2D eigenvalue weighted by Gasteiger charge is 1.93. The summed E-state index contributed by atoms with van der Waals surface area (Å²) < 4.78 is 5.18. The molecule has 0 saturated heterocycles. The summed E-state index contributed by atoms with van der Waals surface area (Å²) in [7, 11) is 0. The van der Waals surface area contributed by atoms with E-state index in [1.807, 2.05) is 0 Å². The van der Waals surface area contributed by atoms with Gasteiger partial charge in [-0.1, -0.05) is 51.9 Å². The van der Waals surface area contributed by atoms with Gasteiger partial charge >= 0.3 is 6.03 Å². The Balaban J connectivity index is 2.90. The minimum Gasteiger partial charge on any atom is -0.361 e. The van der Waals surface area contributed by atoms with Crippen LogP contribution in [0.3, 0.4) is 0 Å². The number of hydrogen-bond acceptors (Lipinski definition) is 2. The predicted octanol–water partition coefficient (Wildman–Crippen LogP) is 2.77. The Morgan fingerprint density at radius 3 is 2.19 bits per heavy atom. The van der Waals surface area contributed by atoms with Crippen molar-refractivity contribution in [2.75, 3.05) is 13.3 Å². The molecule has 0 aliphatic rings. The highest BCUT2D eigenvalue weighted by molar-refractivity contribution is 5.71. The third-order valence-electron chi connectivity index (χ3n) is 2.49. The Hall–Kier alpha value is -0.770. The second-order valence-electron chi connectivity index (χ2n) is 4.07. The molecular weight excluding hydrogens is 204 g/mol. The van der Waals surface area contributed by atoms with Crippen LogP contribution in [-0.4, -0.2) is 19.4 Å². The van der Waals surface area contributed by atoms with E-state index in [9.17, 15) is 4.79 Å². The zero-order chi connectivity index (χ0) is 12.1. The number of hydrogen-bond donors (Lipinski definition) is 2. The van der Waals surface area contributed by atoms with Crippen molar-refractivity contribution >= 4 is 6.03 Å². The van der Waals surface area contributed by atoms with Gasteiger partial charge in [0.05, 0.1) is 0 Å². The molecule has 0 aliphatic carbocycles. The van der Waals surface area contributed by atoms with Crippen LogP contribution in [0.4, 0.5) is 4.79 Å². The van der Waals surface area contributed by atoms with Crippen LogP contribution in [0.1, 0.15) is 58.3 Å². The summed E-state index contributed by atoms with van der Waals surface area (Å²) in [6.07, 6.45) is 10.3. The smallest absolute Gasteiger partial charge is 0.313 e. The zero-order valence-electron chi connectivity index (χ0n) is 10.5. The largest absolute Gasteiger partial charge is 0.361 e. The lowest BCUT2D eigenvalue weighted by Gasteiger charge is -2.04. The fourth-order valence-electron chi connectivity index (χ4n) is 1.53. The number of carbonyl (C=O) groups excluding carboxylic acids is 1. The van der Waals surface area contributed by atoms with Gasteiger partial charge in [0.15, 0.2) is 0 Å². The molecule has 0 aromatic heterocycles. The number of unbranched alkanes of at least 4 members (excludes halogenated alkanes) is 7. The number of primary amides is 1. The van der Waals surface area contributed by atoms with Crippen LogP contribution < -0.4 is 11.1 Å². The Labute approximate surface area is 98.9 Å². The fourth-order valence-corrected chi connectivity index (χ4v) is 1.53. The van der Waals surface area contributed by atoms with Gasteiger partial charge in [-0.3, -0.25) is 0 Å². The van der Waals surface area contributed by atoms with Crippen molar-refractivity contribution in [2.45, 2.75) is 58.3 Å². The SMILES string of the molecule is CCCCCCCCCCOCNC(N)=O. The predicted molar refractivity (Wildman–Crippen MR) is 66.1 cm³/mol. The van der Waals surface area contributed by atoms with Crippen LogP contribution in [0.5, 0.6) is 0 Å². The second-order valence-corrected chi connectivity index (χ2v) is 4.07. The number of amides is 2. The monoisotopic (exact) mass is 230 g/mol. The number of urea groups is 1. The average molecular weight is 230 g/mol. The van der Waals surface area contributed by atoms with Crippen molar-refractivity contribution in [1.82, 2.24) is 5.32 Å². The van der Waals surface area contributed by atoms with Crippen LogP contribution >= 0.6 is 0 Å². The standard InChI is InChI=1S/C12H26N2O2/c1-2-3-4-5-6-7-8-9-10-16-11-14-12(13)15/h2-11H2,1H3,(H3,13,14,15). The number of ether oxygens (including phenoxy) is 1. The maximum absolute atomic E-state index is 10.3. The summed E-state index contributed by atoms with van der Waals surface area (Å²) in [5.74, 6) is 0. The van der Waals surface area contributed by atoms with Gasteiger partial charge in [-0.25, -0.2) is 4.79 Å². The van der Waals surface area contributed by atoms with Gasteiger partial charge < -0.3 is 15.8 Å². The van der Waals surface area contributed by atoms with E-state index in [-0.39, 0.29) is 6.73 Å². The minimum absolute atomic E-state index is 0.228. The van der Waals surface area contributed by atoms with Gasteiger partial charge in [-0.05, 0) is 6.42 Å². The first kappa shape index (κ1) is 15.2. The molecule has 0 aromatic rings. The van der Waals surface area contributed by atoms with E-state index in [1.54, 1.807) is 0 Å². The number of nitrogens with one attached hydrogen (secondary N) is 1. The first-order chi connectivity index (χ1) is 7.77. The van der Waals surface area contributed by atoms with Crippen LogP contribution in [-0.2, 0) is 4.74 Å². The van der Waals surface area contributed by atoms with E-state index >= 15 is 0 Å². The van der Waals surface area contributed by atoms with Gasteiger partial charge in [0, 0.05) is 6.61 Å². The normalized spacial score (nSPS) is 10.3. The fraction of sp³-hybridized carbons (Fsp3) is 0.917. The summed E-state index contributed by atoms with van der Waals surface area (Å²) >= 11 is 0. The molecule has 0 atom stereocenters. The Kier molecular flexibility index (Phi) is 11.7. The lowest BCUT2D eigenvalue weighted by molar-refractivity contribution is 0.118. The molecule has 96 valence electrons. The lowest BCUT2D eigenvalue weighted by atomic mass is 10.1. The number of carbonyl (C=O) groups is 1. The molecular formula is C12H26N2O2. The van der Waals surface area contributed by atoms with Crippen molar-refractivity contribution in [3.63, 3.8) is 0 Å². The first-order valence-corrected chi connectivity index (χ1v) is 6.38. The molecule has 4 nitrogen and oxygen atoms in total. The van der Waals surface area contributed by atoms with Crippen LogP contribution in [0.15, 0.2) is 0 Å². The molecule has 0 spiro atoms. The van der Waals surface area contributed by atoms with E-state index < -0.39 is 6.03 Å². The van der Waals surface area contributed by atoms with Gasteiger partial charge in [0.2, 0.25) is 0 Å². The van der Waals surface area contributed by atoms with E-state index in [2.05, 4.69) is 12.2 Å². The molecule has 3 N–H and O–H groups in total. The lowest BCUT2D eigenvalue weighted by Crippen LogP contribution is -2.31. The Bertz CT molecular complexity index is 163. The number of rotatable bonds is 11. The van der Waals surface area contributed by atoms with Crippen molar-refractivity contribution in [1.29, 1.82) is 0 Å². The second kappa shape index (κ2) is 12.3. The highest BCUT2D eigenvalue weighted by atomic mass is 16.5. The highest BCUT2D eigenvalue weighted by Crippen LogP contribution is 2.08. The molecule has 0 saturated carbocycles. The Morgan fingerprint density at radius 1 is 1.06 bits per heavy atom. The molecule has 0 radical (unpaired) electrons. The topological polar surface area (TPSA) is 64.3 Å². The molecule has 0 bridgehead atoms. The minimum atomic E-state index is -0.532. The quantitative estimate of drug-likeness (QED) is 0.423. The van der Waals surface area contributed by atoms with Gasteiger partial charge in [0.1, 0.15) is 6.73 Å².